The lowest BCUT2D eigenvalue weighted by molar-refractivity contribution is 0.224. The van der Waals surface area contributed by atoms with Gasteiger partial charge in [0.2, 0.25) is 0 Å². The van der Waals surface area contributed by atoms with Crippen LogP contribution in [0.2, 0.25) is 0 Å². The Labute approximate surface area is 125 Å². The van der Waals surface area contributed by atoms with Gasteiger partial charge in [0, 0.05) is 10.4 Å². The van der Waals surface area contributed by atoms with Crippen LogP contribution in [0.3, 0.4) is 0 Å². The summed E-state index contributed by atoms with van der Waals surface area (Å²) in [5.41, 5.74) is 1.26. The second-order valence-electron chi connectivity index (χ2n) is 5.33. The van der Waals surface area contributed by atoms with Gasteiger partial charge in [-0.05, 0) is 41.4 Å². The summed E-state index contributed by atoms with van der Waals surface area (Å²) >= 11 is 7.91. The minimum atomic E-state index is 0.464. The van der Waals surface area contributed by atoms with Gasteiger partial charge in [0.1, 0.15) is 5.75 Å². The van der Waals surface area contributed by atoms with Crippen LogP contribution in [0.5, 0.6) is 5.75 Å². The quantitative estimate of drug-likeness (QED) is 0.709. The number of halogens is 1. The minimum absolute atomic E-state index is 0.464. The topological polar surface area (TPSA) is 9.23 Å². The first-order chi connectivity index (χ1) is 8.45. The fraction of sp³-hybridized carbons (Fsp3) is 0.600. The molecule has 0 spiro atoms. The highest BCUT2D eigenvalue weighted by Crippen LogP contribution is 2.30. The van der Waals surface area contributed by atoms with Crippen molar-refractivity contribution in [1.29, 1.82) is 0 Å². The number of hydrogen-bond donors (Lipinski definition) is 1. The molecule has 0 saturated heterocycles. The lowest BCUT2D eigenvalue weighted by atomic mass is 9.98. The number of hydrogen-bond acceptors (Lipinski definition) is 2. The van der Waals surface area contributed by atoms with Crippen LogP contribution < -0.4 is 4.74 Å². The van der Waals surface area contributed by atoms with Gasteiger partial charge in [-0.1, -0.05) is 43.6 Å². The Morgan fingerprint density at radius 2 is 1.89 bits per heavy atom. The second kappa shape index (κ2) is 7.44. The van der Waals surface area contributed by atoms with Crippen molar-refractivity contribution in [3.8, 4) is 5.75 Å². The number of rotatable bonds is 6. The van der Waals surface area contributed by atoms with E-state index in [0.29, 0.717) is 17.8 Å². The minimum Gasteiger partial charge on any atom is -0.493 e. The van der Waals surface area contributed by atoms with E-state index in [0.717, 1.165) is 22.6 Å². The molecule has 0 fully saturated rings. The van der Waals surface area contributed by atoms with E-state index in [2.05, 4.69) is 68.4 Å². The monoisotopic (exact) mass is 330 g/mol. The van der Waals surface area contributed by atoms with Crippen molar-refractivity contribution in [2.24, 2.45) is 11.8 Å². The Hall–Kier alpha value is -0.150. The molecule has 0 aromatic heterocycles. The smallest absolute Gasteiger partial charge is 0.122 e. The third-order valence-corrected chi connectivity index (χ3v) is 4.19. The van der Waals surface area contributed by atoms with Crippen molar-refractivity contribution in [3.05, 3.63) is 28.2 Å². The maximum atomic E-state index is 6.00. The fourth-order valence-corrected chi connectivity index (χ4v) is 2.66. The third kappa shape index (κ3) is 4.51. The van der Waals surface area contributed by atoms with Gasteiger partial charge in [-0.3, -0.25) is 0 Å². The normalized spacial score (nSPS) is 13.1. The molecule has 0 N–H and O–H groups in total. The molecule has 0 bridgehead atoms. The zero-order chi connectivity index (χ0) is 13.7. The summed E-state index contributed by atoms with van der Waals surface area (Å²) in [6.07, 6.45) is 0. The Bertz CT molecular complexity index is 377. The summed E-state index contributed by atoms with van der Waals surface area (Å²) in [5.74, 6) is 3.43. The summed E-state index contributed by atoms with van der Waals surface area (Å²) in [5, 5.41) is 0. The molecule has 0 saturated carbocycles. The fourth-order valence-electron chi connectivity index (χ4n) is 1.75. The highest BCUT2D eigenvalue weighted by Gasteiger charge is 2.14. The van der Waals surface area contributed by atoms with Gasteiger partial charge in [0.25, 0.3) is 0 Å². The van der Waals surface area contributed by atoms with Crippen LogP contribution >= 0.6 is 28.6 Å². The number of ether oxygens (including phenoxy) is 1. The van der Waals surface area contributed by atoms with E-state index in [4.69, 9.17) is 4.74 Å². The molecular weight excluding hydrogens is 308 g/mol. The van der Waals surface area contributed by atoms with E-state index < -0.39 is 0 Å². The average molecular weight is 331 g/mol. The van der Waals surface area contributed by atoms with Crippen molar-refractivity contribution in [2.45, 2.75) is 33.6 Å². The van der Waals surface area contributed by atoms with Gasteiger partial charge in [-0.2, -0.15) is 12.6 Å². The predicted molar refractivity (Wildman–Crippen MR) is 85.9 cm³/mol. The molecule has 3 heteroatoms. The SMILES string of the molecule is CC(C)c1cc(Br)ccc1OCC(CS)C(C)C. The lowest BCUT2D eigenvalue weighted by Crippen LogP contribution is -2.20. The van der Waals surface area contributed by atoms with E-state index in [1.54, 1.807) is 0 Å². The molecule has 1 aromatic carbocycles. The molecule has 102 valence electrons. The molecular formula is C15H23BrOS. The highest BCUT2D eigenvalue weighted by molar-refractivity contribution is 9.10. The van der Waals surface area contributed by atoms with Gasteiger partial charge in [0.15, 0.2) is 0 Å². The summed E-state index contributed by atoms with van der Waals surface area (Å²) in [4.78, 5) is 0. The van der Waals surface area contributed by atoms with Crippen molar-refractivity contribution >= 4 is 28.6 Å². The average Bonchev–Trinajstić information content (AvgIpc) is 2.30. The largest absolute Gasteiger partial charge is 0.493 e. The molecule has 1 aromatic rings. The zero-order valence-corrected chi connectivity index (χ0v) is 14.1. The standard InChI is InChI=1S/C15H23BrOS/c1-10(2)12(9-18)8-17-15-6-5-13(16)7-14(15)11(3)4/h5-7,10-12,18H,8-9H2,1-4H3. The van der Waals surface area contributed by atoms with Gasteiger partial charge >= 0.3 is 0 Å². The van der Waals surface area contributed by atoms with E-state index in [1.807, 2.05) is 6.07 Å². The van der Waals surface area contributed by atoms with E-state index >= 15 is 0 Å². The van der Waals surface area contributed by atoms with Crippen molar-refractivity contribution in [3.63, 3.8) is 0 Å². The van der Waals surface area contributed by atoms with Crippen molar-refractivity contribution in [1.82, 2.24) is 0 Å². The summed E-state index contributed by atoms with van der Waals surface area (Å²) < 4.78 is 7.10. The van der Waals surface area contributed by atoms with Crippen LogP contribution in [0.15, 0.2) is 22.7 Å². The third-order valence-electron chi connectivity index (χ3n) is 3.22. The molecule has 0 aliphatic carbocycles. The van der Waals surface area contributed by atoms with Gasteiger partial charge in [-0.15, -0.1) is 0 Å². The van der Waals surface area contributed by atoms with E-state index in [1.165, 1.54) is 5.56 Å². The molecule has 1 atom stereocenters. The predicted octanol–water partition coefficient (Wildman–Crippen LogP) is 5.15. The molecule has 0 radical (unpaired) electrons. The second-order valence-corrected chi connectivity index (χ2v) is 6.62. The van der Waals surface area contributed by atoms with Crippen molar-refractivity contribution in [2.75, 3.05) is 12.4 Å². The Morgan fingerprint density at radius 1 is 1.22 bits per heavy atom. The van der Waals surface area contributed by atoms with E-state index in [-0.39, 0.29) is 0 Å². The van der Waals surface area contributed by atoms with Gasteiger partial charge in [0.05, 0.1) is 6.61 Å². The van der Waals surface area contributed by atoms with Crippen LogP contribution in [0.4, 0.5) is 0 Å². The first kappa shape index (κ1) is 15.9. The van der Waals surface area contributed by atoms with Crippen LogP contribution in [0.25, 0.3) is 0 Å². The first-order valence-electron chi connectivity index (χ1n) is 6.48. The van der Waals surface area contributed by atoms with Gasteiger partial charge < -0.3 is 4.74 Å². The van der Waals surface area contributed by atoms with Crippen LogP contribution in [-0.4, -0.2) is 12.4 Å². The summed E-state index contributed by atoms with van der Waals surface area (Å²) in [6, 6.07) is 6.23. The molecule has 0 aliphatic rings. The molecule has 18 heavy (non-hydrogen) atoms. The van der Waals surface area contributed by atoms with E-state index in [9.17, 15) is 0 Å². The molecule has 0 amide bonds. The Kier molecular flexibility index (Phi) is 6.58. The number of benzene rings is 1. The molecule has 1 rings (SSSR count). The summed E-state index contributed by atoms with van der Waals surface area (Å²) in [7, 11) is 0. The summed E-state index contributed by atoms with van der Waals surface area (Å²) in [6.45, 7) is 9.55. The molecule has 0 heterocycles. The van der Waals surface area contributed by atoms with Crippen LogP contribution in [0.1, 0.15) is 39.2 Å². The number of thiol groups is 1. The molecule has 1 unspecified atom stereocenters. The highest BCUT2D eigenvalue weighted by atomic mass is 79.9. The molecule has 0 aliphatic heterocycles. The Morgan fingerprint density at radius 3 is 2.39 bits per heavy atom. The van der Waals surface area contributed by atoms with Gasteiger partial charge in [-0.25, -0.2) is 0 Å². The van der Waals surface area contributed by atoms with Crippen LogP contribution in [0, 0.1) is 11.8 Å². The maximum Gasteiger partial charge on any atom is 0.122 e. The lowest BCUT2D eigenvalue weighted by Gasteiger charge is -2.21. The van der Waals surface area contributed by atoms with Crippen molar-refractivity contribution < 1.29 is 4.74 Å². The zero-order valence-electron chi connectivity index (χ0n) is 11.6. The maximum absolute atomic E-state index is 6.00. The first-order valence-corrected chi connectivity index (χ1v) is 7.91. The van der Waals surface area contributed by atoms with Crippen LogP contribution in [-0.2, 0) is 0 Å². The molecule has 1 nitrogen and oxygen atoms in total. The Balaban J connectivity index is 2.78.